The van der Waals surface area contributed by atoms with Gasteiger partial charge in [0.25, 0.3) is 0 Å². The Hall–Kier alpha value is -0.900. The fraction of sp³-hybridized carbons (Fsp3) is 0.625. The fourth-order valence-electron chi connectivity index (χ4n) is 2.26. The molecule has 106 valence electrons. The van der Waals surface area contributed by atoms with Gasteiger partial charge < -0.3 is 15.2 Å². The van der Waals surface area contributed by atoms with Crippen molar-refractivity contribution in [2.75, 3.05) is 20.3 Å². The summed E-state index contributed by atoms with van der Waals surface area (Å²) in [4.78, 5) is 0. The Morgan fingerprint density at radius 3 is 2.89 bits per heavy atom. The maximum atomic E-state index is 10.1. The molecule has 1 aliphatic rings. The predicted molar refractivity (Wildman–Crippen MR) is 77.2 cm³/mol. The van der Waals surface area contributed by atoms with Crippen molar-refractivity contribution in [2.45, 2.75) is 44.2 Å². The summed E-state index contributed by atoms with van der Waals surface area (Å²) in [6.07, 6.45) is 3.32. The summed E-state index contributed by atoms with van der Waals surface area (Å²) in [7, 11) is 1.66. The van der Waals surface area contributed by atoms with Crippen molar-refractivity contribution >= 4 is 0 Å². The smallest absolute Gasteiger partial charge is 0.0765 e. The van der Waals surface area contributed by atoms with E-state index in [1.54, 1.807) is 7.11 Å². The minimum Gasteiger partial charge on any atom is -0.389 e. The van der Waals surface area contributed by atoms with Crippen LogP contribution in [-0.4, -0.2) is 31.0 Å². The molecule has 0 heterocycles. The summed E-state index contributed by atoms with van der Waals surface area (Å²) in [6, 6.07) is 8.78. The third kappa shape index (κ3) is 4.94. The van der Waals surface area contributed by atoms with Gasteiger partial charge in [-0.2, -0.15) is 0 Å². The first-order chi connectivity index (χ1) is 9.11. The summed E-state index contributed by atoms with van der Waals surface area (Å²) >= 11 is 0. The normalized spacial score (nSPS) is 18.3. The van der Waals surface area contributed by atoms with E-state index in [-0.39, 0.29) is 0 Å². The molecule has 1 aromatic carbocycles. The highest BCUT2D eigenvalue weighted by atomic mass is 16.5. The maximum absolute atomic E-state index is 10.1. The van der Waals surface area contributed by atoms with Crippen LogP contribution in [0, 0.1) is 0 Å². The van der Waals surface area contributed by atoms with E-state index in [1.807, 2.05) is 6.92 Å². The zero-order valence-electron chi connectivity index (χ0n) is 12.0. The number of benzene rings is 1. The van der Waals surface area contributed by atoms with Gasteiger partial charge in [-0.25, -0.2) is 0 Å². The van der Waals surface area contributed by atoms with Gasteiger partial charge in [0.1, 0.15) is 0 Å². The molecule has 1 aliphatic carbocycles. The van der Waals surface area contributed by atoms with Crippen LogP contribution in [0.4, 0.5) is 0 Å². The maximum Gasteiger partial charge on any atom is 0.0765 e. The number of hydrogen-bond donors (Lipinski definition) is 2. The largest absolute Gasteiger partial charge is 0.389 e. The van der Waals surface area contributed by atoms with Gasteiger partial charge in [0, 0.05) is 33.2 Å². The molecule has 1 fully saturated rings. The van der Waals surface area contributed by atoms with Crippen molar-refractivity contribution in [3.63, 3.8) is 0 Å². The lowest BCUT2D eigenvalue weighted by molar-refractivity contribution is 0.0247. The topological polar surface area (TPSA) is 41.5 Å². The van der Waals surface area contributed by atoms with Crippen LogP contribution in [-0.2, 0) is 11.3 Å². The average Bonchev–Trinajstić information content (AvgIpc) is 3.21. The minimum absolute atomic E-state index is 0.587. The SMILES string of the molecule is COCCC(C)(O)CNCc1cccc(C2CC2)c1. The Balaban J connectivity index is 1.77. The molecule has 2 N–H and O–H groups in total. The summed E-state index contributed by atoms with van der Waals surface area (Å²) in [5.74, 6) is 0.796. The number of nitrogens with one attached hydrogen (secondary N) is 1. The van der Waals surface area contributed by atoms with E-state index in [2.05, 4.69) is 29.6 Å². The monoisotopic (exact) mass is 263 g/mol. The molecule has 1 saturated carbocycles. The van der Waals surface area contributed by atoms with Crippen LogP contribution in [0.2, 0.25) is 0 Å². The molecule has 0 spiro atoms. The van der Waals surface area contributed by atoms with Gasteiger partial charge in [-0.05, 0) is 36.8 Å². The highest BCUT2D eigenvalue weighted by Crippen LogP contribution is 2.40. The van der Waals surface area contributed by atoms with Crippen LogP contribution < -0.4 is 5.32 Å². The predicted octanol–water partition coefficient (Wildman–Crippen LogP) is 2.44. The minimum atomic E-state index is -0.704. The zero-order chi connectivity index (χ0) is 13.7. The average molecular weight is 263 g/mol. The standard InChI is InChI=1S/C16H25NO2/c1-16(18,8-9-19-2)12-17-11-13-4-3-5-15(10-13)14-6-7-14/h3-5,10,14,17-18H,6-9,11-12H2,1-2H3. The Bertz CT molecular complexity index is 399. The molecule has 0 saturated heterocycles. The fourth-order valence-corrected chi connectivity index (χ4v) is 2.26. The highest BCUT2D eigenvalue weighted by molar-refractivity contribution is 5.29. The number of rotatable bonds is 8. The summed E-state index contributed by atoms with van der Waals surface area (Å²) in [6.45, 7) is 3.83. The van der Waals surface area contributed by atoms with Gasteiger partial charge in [-0.1, -0.05) is 24.3 Å². The first-order valence-corrected chi connectivity index (χ1v) is 7.11. The third-order valence-electron chi connectivity index (χ3n) is 3.68. The number of methoxy groups -OCH3 is 1. The van der Waals surface area contributed by atoms with E-state index in [4.69, 9.17) is 4.74 Å². The van der Waals surface area contributed by atoms with Crippen LogP contribution in [0.25, 0.3) is 0 Å². The van der Waals surface area contributed by atoms with E-state index in [1.165, 1.54) is 24.0 Å². The Labute approximate surface area is 116 Å². The Morgan fingerprint density at radius 1 is 1.42 bits per heavy atom. The van der Waals surface area contributed by atoms with Crippen molar-refractivity contribution in [3.8, 4) is 0 Å². The molecule has 1 atom stereocenters. The van der Waals surface area contributed by atoms with Gasteiger partial charge >= 0.3 is 0 Å². The molecule has 3 heteroatoms. The van der Waals surface area contributed by atoms with Crippen molar-refractivity contribution < 1.29 is 9.84 Å². The quantitative estimate of drug-likeness (QED) is 0.757. The first kappa shape index (κ1) is 14.5. The third-order valence-corrected chi connectivity index (χ3v) is 3.68. The van der Waals surface area contributed by atoms with Crippen LogP contribution in [0.3, 0.4) is 0 Å². The molecule has 0 bridgehead atoms. The van der Waals surface area contributed by atoms with Crippen molar-refractivity contribution in [3.05, 3.63) is 35.4 Å². The molecular formula is C16H25NO2. The summed E-state index contributed by atoms with van der Waals surface area (Å²) < 4.78 is 5.00. The van der Waals surface area contributed by atoms with Crippen LogP contribution in [0.1, 0.15) is 43.2 Å². The van der Waals surface area contributed by atoms with Crippen molar-refractivity contribution in [1.82, 2.24) is 5.32 Å². The van der Waals surface area contributed by atoms with Crippen molar-refractivity contribution in [1.29, 1.82) is 0 Å². The molecular weight excluding hydrogens is 238 g/mol. The second-order valence-corrected chi connectivity index (χ2v) is 5.86. The van der Waals surface area contributed by atoms with Crippen LogP contribution >= 0.6 is 0 Å². The summed E-state index contributed by atoms with van der Waals surface area (Å²) in [5.41, 5.74) is 2.06. The zero-order valence-corrected chi connectivity index (χ0v) is 12.0. The molecule has 0 amide bonds. The Morgan fingerprint density at radius 2 is 2.21 bits per heavy atom. The second kappa shape index (κ2) is 6.51. The van der Waals surface area contributed by atoms with Crippen LogP contribution in [0.15, 0.2) is 24.3 Å². The van der Waals surface area contributed by atoms with Crippen molar-refractivity contribution in [2.24, 2.45) is 0 Å². The lowest BCUT2D eigenvalue weighted by Crippen LogP contribution is -2.38. The van der Waals surface area contributed by atoms with E-state index < -0.39 is 5.60 Å². The second-order valence-electron chi connectivity index (χ2n) is 5.86. The lowest BCUT2D eigenvalue weighted by Gasteiger charge is -2.23. The molecule has 3 nitrogen and oxygen atoms in total. The van der Waals surface area contributed by atoms with Gasteiger partial charge in [-0.15, -0.1) is 0 Å². The molecule has 1 aromatic rings. The Kier molecular flexibility index (Phi) is 4.97. The van der Waals surface area contributed by atoms with E-state index >= 15 is 0 Å². The summed E-state index contributed by atoms with van der Waals surface area (Å²) in [5, 5.41) is 13.5. The van der Waals surface area contributed by atoms with Crippen LogP contribution in [0.5, 0.6) is 0 Å². The molecule has 0 radical (unpaired) electrons. The van der Waals surface area contributed by atoms with Gasteiger partial charge in [0.2, 0.25) is 0 Å². The van der Waals surface area contributed by atoms with E-state index in [9.17, 15) is 5.11 Å². The number of aliphatic hydroxyl groups is 1. The molecule has 19 heavy (non-hydrogen) atoms. The molecule has 0 aromatic heterocycles. The number of ether oxygens (including phenoxy) is 1. The lowest BCUT2D eigenvalue weighted by atomic mass is 10.0. The van der Waals surface area contributed by atoms with Gasteiger partial charge in [-0.3, -0.25) is 0 Å². The number of hydrogen-bond acceptors (Lipinski definition) is 3. The van der Waals surface area contributed by atoms with E-state index in [0.717, 1.165) is 12.5 Å². The molecule has 1 unspecified atom stereocenters. The molecule has 0 aliphatic heterocycles. The first-order valence-electron chi connectivity index (χ1n) is 7.11. The highest BCUT2D eigenvalue weighted by Gasteiger charge is 2.23. The molecule has 2 rings (SSSR count). The van der Waals surface area contributed by atoms with Gasteiger partial charge in [0.05, 0.1) is 5.60 Å². The van der Waals surface area contributed by atoms with Gasteiger partial charge in [0.15, 0.2) is 0 Å². The van der Waals surface area contributed by atoms with E-state index in [0.29, 0.717) is 19.6 Å².